The molecule has 1 amide bonds. The molecule has 0 atom stereocenters. The number of aromatic nitrogens is 1. The fraction of sp³-hybridized carbons (Fsp3) is 0. The van der Waals surface area contributed by atoms with Gasteiger partial charge >= 0.3 is 5.97 Å². The van der Waals surface area contributed by atoms with Crippen molar-refractivity contribution in [3.05, 3.63) is 64.8 Å². The third-order valence-corrected chi connectivity index (χ3v) is 4.82. The zero-order valence-electron chi connectivity index (χ0n) is 11.6. The van der Waals surface area contributed by atoms with Crippen LogP contribution in [0.4, 0.5) is 5.69 Å². The Balaban J connectivity index is 1.82. The summed E-state index contributed by atoms with van der Waals surface area (Å²) in [7, 11) is 0. The van der Waals surface area contributed by atoms with Gasteiger partial charge < -0.3 is 4.74 Å². The Morgan fingerprint density at radius 2 is 1.87 bits per heavy atom. The number of carbonyl (C=O) groups excluding carboxylic acids is 2. The fourth-order valence-corrected chi connectivity index (χ4v) is 3.76. The summed E-state index contributed by atoms with van der Waals surface area (Å²) >= 11 is 6.43. The smallest absolute Gasteiger partial charge is 0.344 e. The molecule has 23 heavy (non-hydrogen) atoms. The number of thiocarbonyl (C=S) groups is 1. The molecule has 1 fully saturated rings. The molecule has 0 bridgehead atoms. The van der Waals surface area contributed by atoms with Gasteiger partial charge in [0.1, 0.15) is 4.91 Å². The minimum Gasteiger partial charge on any atom is -0.421 e. The Morgan fingerprint density at radius 1 is 1.09 bits per heavy atom. The van der Waals surface area contributed by atoms with E-state index in [-0.39, 0.29) is 11.7 Å². The summed E-state index contributed by atoms with van der Waals surface area (Å²) in [6.07, 6.45) is 3.18. The van der Waals surface area contributed by atoms with Crippen LogP contribution in [0.5, 0.6) is 0 Å². The molecule has 1 aromatic heterocycles. The molecule has 0 N–H and O–H groups in total. The first-order valence-electron chi connectivity index (χ1n) is 6.69. The van der Waals surface area contributed by atoms with Crippen molar-refractivity contribution in [2.75, 3.05) is 4.90 Å². The second-order valence-corrected chi connectivity index (χ2v) is 6.46. The van der Waals surface area contributed by atoms with Gasteiger partial charge in [-0.25, -0.2) is 4.79 Å². The number of esters is 1. The molecule has 3 heterocycles. The Hall–Kier alpha value is -2.51. The van der Waals surface area contributed by atoms with Crippen LogP contribution in [0.2, 0.25) is 0 Å². The molecule has 0 aliphatic carbocycles. The number of fused-ring (bicyclic) bond motifs is 1. The lowest BCUT2D eigenvalue weighted by molar-refractivity contribution is -0.113. The maximum atomic E-state index is 12.8. The standard InChI is InChI=1S/C16H8N2O3S2/c19-14-13(12-10-5-1-2-6-11(10)15(20)21-12)23-16(22)18(14)9-4-3-7-17-8-9/h1-8H. The minimum atomic E-state index is -0.456. The molecule has 112 valence electrons. The second kappa shape index (κ2) is 5.29. The number of hydrogen-bond donors (Lipinski definition) is 0. The normalized spacial score (nSPS) is 20.0. The molecule has 2 aromatic rings. The van der Waals surface area contributed by atoms with Crippen LogP contribution < -0.4 is 4.90 Å². The maximum Gasteiger partial charge on any atom is 0.344 e. The highest BCUT2D eigenvalue weighted by atomic mass is 32.2. The molecule has 7 heteroatoms. The number of ether oxygens (including phenoxy) is 1. The van der Waals surface area contributed by atoms with Crippen molar-refractivity contribution in [3.63, 3.8) is 0 Å². The van der Waals surface area contributed by atoms with E-state index < -0.39 is 5.97 Å². The number of rotatable bonds is 1. The molecule has 1 aromatic carbocycles. The van der Waals surface area contributed by atoms with Crippen molar-refractivity contribution < 1.29 is 14.3 Å². The average Bonchev–Trinajstić information content (AvgIpc) is 3.06. The van der Waals surface area contributed by atoms with Crippen LogP contribution in [0.1, 0.15) is 15.9 Å². The minimum absolute atomic E-state index is 0.273. The molecular weight excluding hydrogens is 332 g/mol. The molecule has 2 aliphatic heterocycles. The molecule has 2 aliphatic rings. The highest BCUT2D eigenvalue weighted by molar-refractivity contribution is 8.27. The number of hydrogen-bond acceptors (Lipinski definition) is 6. The predicted molar refractivity (Wildman–Crippen MR) is 90.7 cm³/mol. The number of nitrogens with zero attached hydrogens (tertiary/aromatic N) is 2. The number of anilines is 1. The first-order valence-corrected chi connectivity index (χ1v) is 7.91. The van der Waals surface area contributed by atoms with Gasteiger partial charge in [0, 0.05) is 11.8 Å². The van der Waals surface area contributed by atoms with Crippen LogP contribution in [-0.2, 0) is 9.53 Å². The third kappa shape index (κ3) is 2.16. The number of carbonyl (C=O) groups is 2. The van der Waals surface area contributed by atoms with Crippen LogP contribution in [0, 0.1) is 0 Å². The van der Waals surface area contributed by atoms with Crippen LogP contribution in [-0.4, -0.2) is 21.2 Å². The van der Waals surface area contributed by atoms with Gasteiger partial charge in [0.15, 0.2) is 10.1 Å². The summed E-state index contributed by atoms with van der Waals surface area (Å²) in [5.74, 6) is -0.496. The molecule has 5 nitrogen and oxygen atoms in total. The fourth-order valence-electron chi connectivity index (χ4n) is 2.44. The number of amides is 1. The average molecular weight is 340 g/mol. The van der Waals surface area contributed by atoms with Crippen molar-refractivity contribution in [3.8, 4) is 0 Å². The summed E-state index contributed by atoms with van der Waals surface area (Å²) in [6, 6.07) is 10.5. The second-order valence-electron chi connectivity index (χ2n) is 4.81. The Morgan fingerprint density at radius 3 is 2.61 bits per heavy atom. The van der Waals surface area contributed by atoms with Crippen molar-refractivity contribution in [2.24, 2.45) is 0 Å². The quantitative estimate of drug-likeness (QED) is 0.452. The molecule has 0 spiro atoms. The van der Waals surface area contributed by atoms with Crippen molar-refractivity contribution in [1.29, 1.82) is 0 Å². The molecule has 0 unspecified atom stereocenters. The van der Waals surface area contributed by atoms with Crippen LogP contribution in [0.25, 0.3) is 5.76 Å². The van der Waals surface area contributed by atoms with Crippen LogP contribution >= 0.6 is 24.0 Å². The van der Waals surface area contributed by atoms with E-state index in [1.807, 2.05) is 0 Å². The summed E-state index contributed by atoms with van der Waals surface area (Å²) in [4.78, 5) is 30.4. The van der Waals surface area contributed by atoms with Gasteiger partial charge in [-0.05, 0) is 18.2 Å². The first kappa shape index (κ1) is 14.1. The van der Waals surface area contributed by atoms with Gasteiger partial charge in [0.2, 0.25) is 0 Å². The number of pyridine rings is 1. The van der Waals surface area contributed by atoms with E-state index in [1.165, 1.54) is 4.90 Å². The summed E-state index contributed by atoms with van der Waals surface area (Å²) in [6.45, 7) is 0. The van der Waals surface area contributed by atoms with Gasteiger partial charge in [-0.3, -0.25) is 14.7 Å². The van der Waals surface area contributed by atoms with Gasteiger partial charge in [0.05, 0.1) is 17.4 Å². The Kier molecular flexibility index (Phi) is 3.24. The predicted octanol–water partition coefficient (Wildman–Crippen LogP) is 2.99. The molecule has 1 saturated heterocycles. The van der Waals surface area contributed by atoms with Crippen molar-refractivity contribution in [2.45, 2.75) is 0 Å². The van der Waals surface area contributed by atoms with E-state index in [0.29, 0.717) is 26.0 Å². The van der Waals surface area contributed by atoms with Gasteiger partial charge in [-0.1, -0.05) is 42.2 Å². The monoisotopic (exact) mass is 340 g/mol. The van der Waals surface area contributed by atoms with E-state index in [1.54, 1.807) is 48.8 Å². The van der Waals surface area contributed by atoms with Gasteiger partial charge in [0.25, 0.3) is 5.91 Å². The topological polar surface area (TPSA) is 59.5 Å². The van der Waals surface area contributed by atoms with Crippen molar-refractivity contribution >= 4 is 51.6 Å². The van der Waals surface area contributed by atoms with Gasteiger partial charge in [-0.2, -0.15) is 0 Å². The molecule has 4 rings (SSSR count). The first-order chi connectivity index (χ1) is 11.2. The number of thioether (sulfide) groups is 1. The van der Waals surface area contributed by atoms with E-state index >= 15 is 0 Å². The van der Waals surface area contributed by atoms with E-state index in [9.17, 15) is 9.59 Å². The molecule has 0 radical (unpaired) electrons. The van der Waals surface area contributed by atoms with Crippen LogP contribution in [0.3, 0.4) is 0 Å². The largest absolute Gasteiger partial charge is 0.421 e. The Bertz CT molecular complexity index is 893. The van der Waals surface area contributed by atoms with E-state index in [4.69, 9.17) is 17.0 Å². The van der Waals surface area contributed by atoms with E-state index in [0.717, 1.165) is 11.8 Å². The highest BCUT2D eigenvalue weighted by Gasteiger charge is 2.40. The molecular formula is C16H8N2O3S2. The lowest BCUT2D eigenvalue weighted by Crippen LogP contribution is -2.27. The number of cyclic esters (lactones) is 1. The third-order valence-electron chi connectivity index (χ3n) is 3.47. The number of benzene rings is 1. The zero-order valence-corrected chi connectivity index (χ0v) is 13.2. The summed E-state index contributed by atoms with van der Waals surface area (Å²) in [5, 5.41) is 0. The summed E-state index contributed by atoms with van der Waals surface area (Å²) < 4.78 is 5.70. The Labute approximate surface area is 141 Å². The zero-order chi connectivity index (χ0) is 16.0. The SMILES string of the molecule is O=C1OC(=C2SC(=S)N(c3cccnc3)C2=O)c2ccccc21. The van der Waals surface area contributed by atoms with Crippen LogP contribution in [0.15, 0.2) is 53.7 Å². The summed E-state index contributed by atoms with van der Waals surface area (Å²) in [5.41, 5.74) is 1.65. The van der Waals surface area contributed by atoms with Gasteiger partial charge in [-0.15, -0.1) is 0 Å². The lowest BCUT2D eigenvalue weighted by Gasteiger charge is -2.13. The van der Waals surface area contributed by atoms with E-state index in [2.05, 4.69) is 4.98 Å². The lowest BCUT2D eigenvalue weighted by atomic mass is 10.1. The van der Waals surface area contributed by atoms with Crippen molar-refractivity contribution in [1.82, 2.24) is 4.98 Å². The maximum absolute atomic E-state index is 12.8. The highest BCUT2D eigenvalue weighted by Crippen LogP contribution is 2.42. The molecule has 0 saturated carbocycles.